The summed E-state index contributed by atoms with van der Waals surface area (Å²) in [5, 5.41) is 22.0. The Morgan fingerprint density at radius 2 is 1.65 bits per heavy atom. The highest BCUT2D eigenvalue weighted by atomic mass is 16.3. The number of aromatic nitrogens is 2. The van der Waals surface area contributed by atoms with E-state index >= 15 is 0 Å². The van der Waals surface area contributed by atoms with Gasteiger partial charge in [0.05, 0.1) is 6.61 Å². The molecule has 4 rings (SSSR count). The van der Waals surface area contributed by atoms with Gasteiger partial charge in [0.15, 0.2) is 0 Å². The van der Waals surface area contributed by atoms with E-state index in [1.54, 1.807) is 18.3 Å². The SMILES string of the molecule is OCc1c(O)cccc1Cc1nccn1Cc1cccc2ccccc12. The number of aromatic hydroxyl groups is 1. The lowest BCUT2D eigenvalue weighted by atomic mass is 10.0. The Kier molecular flexibility index (Phi) is 4.42. The van der Waals surface area contributed by atoms with Crippen molar-refractivity contribution in [2.45, 2.75) is 19.6 Å². The number of phenols is 1. The molecule has 3 aromatic carbocycles. The summed E-state index contributed by atoms with van der Waals surface area (Å²) in [4.78, 5) is 4.49. The topological polar surface area (TPSA) is 58.3 Å². The predicted molar refractivity (Wildman–Crippen MR) is 102 cm³/mol. The number of benzene rings is 3. The zero-order valence-corrected chi connectivity index (χ0v) is 14.3. The van der Waals surface area contributed by atoms with Gasteiger partial charge in [-0.2, -0.15) is 0 Å². The van der Waals surface area contributed by atoms with Crippen LogP contribution in [0.3, 0.4) is 0 Å². The van der Waals surface area contributed by atoms with Crippen molar-refractivity contribution in [3.05, 3.63) is 95.6 Å². The number of hydrogen-bond acceptors (Lipinski definition) is 3. The molecule has 0 aliphatic carbocycles. The minimum atomic E-state index is -0.188. The maximum absolute atomic E-state index is 9.96. The van der Waals surface area contributed by atoms with Crippen molar-refractivity contribution in [1.82, 2.24) is 9.55 Å². The molecular formula is C22H20N2O2. The Bertz CT molecular complexity index is 1050. The first kappa shape index (κ1) is 16.4. The summed E-state index contributed by atoms with van der Waals surface area (Å²) in [5.41, 5.74) is 2.69. The third kappa shape index (κ3) is 3.07. The minimum absolute atomic E-state index is 0.122. The quantitative estimate of drug-likeness (QED) is 0.578. The molecule has 0 atom stereocenters. The average molecular weight is 344 g/mol. The number of fused-ring (bicyclic) bond motifs is 1. The first-order valence-electron chi connectivity index (χ1n) is 8.63. The Labute approximate surface area is 152 Å². The van der Waals surface area contributed by atoms with Crippen molar-refractivity contribution in [3.8, 4) is 5.75 Å². The van der Waals surface area contributed by atoms with Gasteiger partial charge >= 0.3 is 0 Å². The average Bonchev–Trinajstić information content (AvgIpc) is 3.09. The fourth-order valence-corrected chi connectivity index (χ4v) is 3.40. The van der Waals surface area contributed by atoms with Crippen molar-refractivity contribution in [2.75, 3.05) is 0 Å². The van der Waals surface area contributed by atoms with Crippen LogP contribution in [0.25, 0.3) is 10.8 Å². The summed E-state index contributed by atoms with van der Waals surface area (Å²) in [6.07, 6.45) is 4.32. The lowest BCUT2D eigenvalue weighted by Crippen LogP contribution is -2.07. The number of nitrogens with zero attached hydrogens (tertiary/aromatic N) is 2. The number of aliphatic hydroxyl groups excluding tert-OH is 1. The molecule has 0 radical (unpaired) electrons. The first-order valence-corrected chi connectivity index (χ1v) is 8.63. The molecule has 4 nitrogen and oxygen atoms in total. The summed E-state index contributed by atoms with van der Waals surface area (Å²) in [6, 6.07) is 20.0. The molecule has 0 saturated carbocycles. The van der Waals surface area contributed by atoms with Crippen LogP contribution in [0.4, 0.5) is 0 Å². The van der Waals surface area contributed by atoms with Crippen LogP contribution in [0.2, 0.25) is 0 Å². The number of imidazole rings is 1. The van der Waals surface area contributed by atoms with E-state index in [9.17, 15) is 10.2 Å². The monoisotopic (exact) mass is 344 g/mol. The van der Waals surface area contributed by atoms with E-state index in [4.69, 9.17) is 0 Å². The van der Waals surface area contributed by atoms with E-state index in [0.717, 1.165) is 17.9 Å². The molecule has 4 heteroatoms. The van der Waals surface area contributed by atoms with E-state index in [1.807, 2.05) is 18.3 Å². The van der Waals surface area contributed by atoms with E-state index in [1.165, 1.54) is 16.3 Å². The lowest BCUT2D eigenvalue weighted by molar-refractivity contribution is 0.274. The molecule has 0 unspecified atom stereocenters. The zero-order chi connectivity index (χ0) is 17.9. The maximum Gasteiger partial charge on any atom is 0.121 e. The largest absolute Gasteiger partial charge is 0.508 e. The van der Waals surface area contributed by atoms with Crippen LogP contribution in [0.1, 0.15) is 22.5 Å². The molecule has 0 spiro atoms. The van der Waals surface area contributed by atoms with Gasteiger partial charge in [-0.25, -0.2) is 4.98 Å². The van der Waals surface area contributed by atoms with Crippen LogP contribution in [0.15, 0.2) is 73.1 Å². The lowest BCUT2D eigenvalue weighted by Gasteiger charge is -2.13. The van der Waals surface area contributed by atoms with E-state index in [-0.39, 0.29) is 12.4 Å². The van der Waals surface area contributed by atoms with Crippen LogP contribution in [-0.2, 0) is 19.6 Å². The zero-order valence-electron chi connectivity index (χ0n) is 14.3. The van der Waals surface area contributed by atoms with Crippen molar-refractivity contribution < 1.29 is 10.2 Å². The Morgan fingerprint density at radius 1 is 0.885 bits per heavy atom. The van der Waals surface area contributed by atoms with Crippen LogP contribution in [0.5, 0.6) is 5.75 Å². The third-order valence-corrected chi connectivity index (χ3v) is 4.78. The highest BCUT2D eigenvalue weighted by molar-refractivity contribution is 5.85. The van der Waals surface area contributed by atoms with Crippen LogP contribution in [0, 0.1) is 0 Å². The van der Waals surface area contributed by atoms with Gasteiger partial charge in [-0.1, -0.05) is 54.6 Å². The maximum atomic E-state index is 9.96. The van der Waals surface area contributed by atoms with Gasteiger partial charge in [-0.15, -0.1) is 0 Å². The number of aliphatic hydroxyl groups is 1. The summed E-state index contributed by atoms with van der Waals surface area (Å²) in [7, 11) is 0. The van der Waals surface area contributed by atoms with Crippen LogP contribution in [-0.4, -0.2) is 19.8 Å². The molecule has 0 amide bonds. The number of hydrogen-bond donors (Lipinski definition) is 2. The molecule has 26 heavy (non-hydrogen) atoms. The normalized spacial score (nSPS) is 11.1. The van der Waals surface area contributed by atoms with E-state index in [2.05, 4.69) is 45.9 Å². The van der Waals surface area contributed by atoms with Crippen molar-refractivity contribution in [3.63, 3.8) is 0 Å². The Balaban J connectivity index is 1.67. The van der Waals surface area contributed by atoms with Gasteiger partial charge < -0.3 is 14.8 Å². The predicted octanol–water partition coefficient (Wildman–Crippen LogP) is 3.87. The fraction of sp³-hybridized carbons (Fsp3) is 0.136. The molecule has 2 N–H and O–H groups in total. The highest BCUT2D eigenvalue weighted by Gasteiger charge is 2.11. The summed E-state index contributed by atoms with van der Waals surface area (Å²) in [6.45, 7) is 0.538. The van der Waals surface area contributed by atoms with Gasteiger partial charge in [0.2, 0.25) is 0 Å². The molecule has 1 heterocycles. The summed E-state index contributed by atoms with van der Waals surface area (Å²) in [5.74, 6) is 1.02. The van der Waals surface area contributed by atoms with E-state index < -0.39 is 0 Å². The molecule has 1 aromatic heterocycles. The van der Waals surface area contributed by atoms with E-state index in [0.29, 0.717) is 12.0 Å². The third-order valence-electron chi connectivity index (χ3n) is 4.78. The molecule has 130 valence electrons. The second-order valence-corrected chi connectivity index (χ2v) is 6.36. The van der Waals surface area contributed by atoms with Crippen molar-refractivity contribution >= 4 is 10.8 Å². The molecule has 4 aromatic rings. The fourth-order valence-electron chi connectivity index (χ4n) is 3.40. The Morgan fingerprint density at radius 3 is 2.54 bits per heavy atom. The molecule has 0 saturated heterocycles. The second kappa shape index (κ2) is 7.02. The van der Waals surface area contributed by atoms with Crippen LogP contribution < -0.4 is 0 Å². The van der Waals surface area contributed by atoms with Gasteiger partial charge in [-0.3, -0.25) is 0 Å². The smallest absolute Gasteiger partial charge is 0.121 e. The Hall–Kier alpha value is -3.11. The molecule has 0 aliphatic heterocycles. The number of rotatable bonds is 5. The molecule has 0 bridgehead atoms. The van der Waals surface area contributed by atoms with Gasteiger partial charge in [0.25, 0.3) is 0 Å². The molecule has 0 fully saturated rings. The summed E-state index contributed by atoms with van der Waals surface area (Å²) < 4.78 is 2.12. The van der Waals surface area contributed by atoms with Gasteiger partial charge in [0, 0.05) is 30.9 Å². The van der Waals surface area contributed by atoms with Crippen LogP contribution >= 0.6 is 0 Å². The van der Waals surface area contributed by atoms with Crippen molar-refractivity contribution in [1.29, 1.82) is 0 Å². The minimum Gasteiger partial charge on any atom is -0.508 e. The summed E-state index contributed by atoms with van der Waals surface area (Å²) >= 11 is 0. The van der Waals surface area contributed by atoms with Gasteiger partial charge in [-0.05, 0) is 28.0 Å². The first-order chi connectivity index (χ1) is 12.8. The second-order valence-electron chi connectivity index (χ2n) is 6.36. The molecular weight excluding hydrogens is 324 g/mol. The highest BCUT2D eigenvalue weighted by Crippen LogP contribution is 2.24. The van der Waals surface area contributed by atoms with Crippen molar-refractivity contribution in [2.24, 2.45) is 0 Å². The molecule has 0 aliphatic rings. The van der Waals surface area contributed by atoms with Gasteiger partial charge in [0.1, 0.15) is 11.6 Å². The standard InChI is InChI=1S/C22H20N2O2/c25-15-20-17(7-4-10-21(20)26)13-22-23-11-12-24(22)14-18-8-3-6-16-5-1-2-9-19(16)18/h1-12,25-26H,13-15H2.